The Kier molecular flexibility index (Phi) is 37.1. The molecule has 0 amide bonds. The molecule has 14 N–H and O–H groups in total. The molecule has 0 bridgehead atoms. The molecule has 704 valence electrons. The molecule has 30 atom stereocenters. The SMILES string of the molecule is COC1C(OS(=O)(=O)O)[C@@H](O[C@H]2C(OC)C(OS(=O)(=O)O)C(O[C@@H]3C(COS(=O)(=O)O)O[C@@H](O[C@@H]4C(C(=O)O)O[C@@H](O[C@H]5C(OC)C(OS(=O)(=O)O)[C@@H](OC)O[C@H]5COS(=O)(=O)O)C(OS(=O)(=O)O)[C@@H]4OC)C(OS(=O)(=O)O)[C@H]3OS(=O)(=O)O)O[C@H]2C(=O)O)O[C@@H](COS(=O)(=O)O)[C@H]1O[C@@H]1OC(C(=O)O)[C@@H](OSOOO)[C@@H](OC)C1OS(=O)(=O)O. The number of hydrogen-bond donors (Lipinski definition) is 14. The smallest absolute Gasteiger partial charge is 0.397 e. The van der Waals surface area contributed by atoms with Gasteiger partial charge in [-0.15, -0.1) is 4.33 Å². The van der Waals surface area contributed by atoms with Gasteiger partial charge in [-0.05, 0) is 0 Å². The molecule has 0 radical (unpaired) electrons. The Hall–Kier alpha value is -3.38. The van der Waals surface area contributed by atoms with E-state index in [0.717, 1.165) is 7.11 Å². The lowest BCUT2D eigenvalue weighted by Gasteiger charge is -2.51. The standard InChI is InChI=1S/C42H68O67S11/c1-80-16-13(10(7-86-111(50,51)52)89-37(85-6)28(16)102-115(62,63)64)92-40-30(104-117(68,69)70)19(83-4)22(26(97-40)35(45)46)96-39-33(107-120(77,78)79)24(101-114(59,60)61)15(12(91-39)9-88-113(56,57)58)94-41-31(105-118(71,72)73)18(82-3)21(25(98-41)34(43)44)95-38-29(103-116(65,66)67)17(81-2)14(11(90-38)8-87-112(53,54)55)93-42-32(106-119(74,75)76)20(84-5)23(100-110-109-108-49)27(99-42)36(47)48/h10-33,37-42,49H,7-9H2,1-6H3,(H,43,44)(H,45,46)(H,47,48)(H,50,51,52)(H,53,54,55)(H,56,57,58)(H,59,60,61)(H,62,63,64)(H,65,66,67)(H,68,69,70)(H,71,72,73)(H,74,75,76)(H,77,78,79)/t10-,11-,12?,13+,14+,15+,16?,17?,18?,19+,20+,21-,22-,23-,24-,25+,26?,27?,28?,29?,30?,31?,32?,33?,37-,38+,39-,40+,41?,42+/m0/s1. The highest BCUT2D eigenvalue weighted by Crippen LogP contribution is 2.43. The van der Waals surface area contributed by atoms with Crippen molar-refractivity contribution in [2.24, 2.45) is 0 Å². The van der Waals surface area contributed by atoms with Gasteiger partial charge in [-0.3, -0.25) is 49.7 Å². The van der Waals surface area contributed by atoms with Gasteiger partial charge in [0.1, 0.15) is 91.6 Å². The molecule has 13 unspecified atom stereocenters. The third kappa shape index (κ3) is 31.0. The van der Waals surface area contributed by atoms with Crippen LogP contribution in [-0.2, 0) is 254 Å². The van der Waals surface area contributed by atoms with Crippen molar-refractivity contribution in [3.8, 4) is 0 Å². The molecule has 78 heteroatoms. The van der Waals surface area contributed by atoms with Crippen LogP contribution in [0.3, 0.4) is 0 Å². The van der Waals surface area contributed by atoms with E-state index in [-0.39, 0.29) is 0 Å². The summed E-state index contributed by atoms with van der Waals surface area (Å²) in [5.41, 5.74) is 0. The van der Waals surface area contributed by atoms with E-state index in [2.05, 4.69) is 47.0 Å². The lowest BCUT2D eigenvalue weighted by Crippen LogP contribution is -2.70. The Morgan fingerprint density at radius 3 is 0.717 bits per heavy atom. The molecule has 0 aliphatic carbocycles. The summed E-state index contributed by atoms with van der Waals surface area (Å²) in [6, 6.07) is 0. The molecule has 6 aliphatic heterocycles. The fraction of sp³-hybridized carbons (Fsp3) is 0.929. The van der Waals surface area contributed by atoms with Crippen molar-refractivity contribution in [3.63, 3.8) is 0 Å². The van der Waals surface area contributed by atoms with Gasteiger partial charge in [-0.25, -0.2) is 61.5 Å². The molecule has 0 spiro atoms. The van der Waals surface area contributed by atoms with Crippen LogP contribution in [-0.4, -0.2) is 415 Å². The molecule has 0 aromatic heterocycles. The van der Waals surface area contributed by atoms with E-state index in [1.54, 1.807) is 0 Å². The third-order valence-electron chi connectivity index (χ3n) is 16.0. The van der Waals surface area contributed by atoms with Crippen LogP contribution in [0.15, 0.2) is 0 Å². The summed E-state index contributed by atoms with van der Waals surface area (Å²) in [6.45, 7) is -5.57. The molecule has 67 nitrogen and oxygen atoms in total. The van der Waals surface area contributed by atoms with Crippen molar-refractivity contribution in [2.75, 3.05) is 62.5 Å². The first kappa shape index (κ1) is 105. The highest BCUT2D eigenvalue weighted by atomic mass is 32.3. The van der Waals surface area contributed by atoms with Crippen molar-refractivity contribution in [1.82, 2.24) is 0 Å². The normalized spacial score (nSPS) is 36.3. The van der Waals surface area contributed by atoms with Gasteiger partial charge in [0.05, 0.1) is 19.8 Å². The average Bonchev–Trinajstić information content (AvgIpc) is 0.746. The molecule has 120 heavy (non-hydrogen) atoms. The highest BCUT2D eigenvalue weighted by molar-refractivity contribution is 7.89. The molecule has 6 rings (SSSR count). The minimum Gasteiger partial charge on any atom is -0.479 e. The van der Waals surface area contributed by atoms with E-state index in [1.165, 1.54) is 0 Å². The minimum atomic E-state index is -6.61. The van der Waals surface area contributed by atoms with Gasteiger partial charge >= 0.3 is 122 Å². The lowest BCUT2D eigenvalue weighted by molar-refractivity contribution is -0.435. The second-order valence-electron chi connectivity index (χ2n) is 23.5. The van der Waals surface area contributed by atoms with Crippen molar-refractivity contribution < 1.29 is 301 Å². The van der Waals surface area contributed by atoms with Gasteiger partial charge in [-0.2, -0.15) is 84.2 Å². The molecule has 0 aromatic rings. The van der Waals surface area contributed by atoms with Crippen LogP contribution in [0.4, 0.5) is 0 Å². The summed E-state index contributed by atoms with van der Waals surface area (Å²) in [5.74, 6) is -7.25. The number of hydrogen-bond acceptors (Lipinski definition) is 55. The molecule has 0 saturated carbocycles. The summed E-state index contributed by atoms with van der Waals surface area (Å²) in [4.78, 5) is 39.8. The van der Waals surface area contributed by atoms with Crippen molar-refractivity contribution in [1.29, 1.82) is 0 Å². The quantitative estimate of drug-likeness (QED) is 0.00885. The maximum Gasteiger partial charge on any atom is 0.397 e. The van der Waals surface area contributed by atoms with Gasteiger partial charge in [0.15, 0.2) is 105 Å². The molecular weight excluding hydrogens is 1930 g/mol. The van der Waals surface area contributed by atoms with E-state index >= 15 is 0 Å². The van der Waals surface area contributed by atoms with Crippen LogP contribution in [0.1, 0.15) is 0 Å². The van der Waals surface area contributed by atoms with Crippen LogP contribution in [0.5, 0.6) is 0 Å². The van der Waals surface area contributed by atoms with E-state index in [9.17, 15) is 159 Å². The summed E-state index contributed by atoms with van der Waals surface area (Å²) < 4.78 is 498. The maximum absolute atomic E-state index is 13.7. The van der Waals surface area contributed by atoms with E-state index in [4.69, 9.17) is 94.2 Å². The van der Waals surface area contributed by atoms with Crippen LogP contribution in [0.25, 0.3) is 0 Å². The van der Waals surface area contributed by atoms with Gasteiger partial charge in [0, 0.05) is 42.7 Å². The second kappa shape index (κ2) is 42.2. The Labute approximate surface area is 678 Å². The van der Waals surface area contributed by atoms with Crippen molar-refractivity contribution in [2.45, 2.75) is 184 Å². The van der Waals surface area contributed by atoms with Gasteiger partial charge < -0.3 is 95.8 Å². The maximum atomic E-state index is 13.7. The predicted molar refractivity (Wildman–Crippen MR) is 345 cm³/mol. The molecular formula is C42H68O67S11. The summed E-state index contributed by atoms with van der Waals surface area (Å²) in [5, 5.41) is 43.9. The summed E-state index contributed by atoms with van der Waals surface area (Å²) in [7, 11) is -57.9. The Bertz CT molecular complexity index is 4670. The molecule has 6 heterocycles. The van der Waals surface area contributed by atoms with Crippen LogP contribution < -0.4 is 0 Å². The number of ether oxygens (including phenoxy) is 17. The predicted octanol–water partition coefficient (Wildman–Crippen LogP) is -10.6. The van der Waals surface area contributed by atoms with Crippen molar-refractivity contribution >= 4 is 134 Å². The average molecular weight is 2000 g/mol. The minimum absolute atomic E-state index is 0.367. The largest absolute Gasteiger partial charge is 0.479 e. The molecule has 6 fully saturated rings. The van der Waals surface area contributed by atoms with Crippen LogP contribution in [0.2, 0.25) is 0 Å². The van der Waals surface area contributed by atoms with Gasteiger partial charge in [-0.1, -0.05) is 5.04 Å². The van der Waals surface area contributed by atoms with E-state index in [1.807, 2.05) is 0 Å². The number of rotatable bonds is 46. The number of carboxylic acid groups (broad SMARTS) is 3. The van der Waals surface area contributed by atoms with E-state index < -0.39 is 338 Å². The lowest BCUT2D eigenvalue weighted by atomic mass is 9.94. The fourth-order valence-electron chi connectivity index (χ4n) is 12.1. The number of carbonyl (C=O) groups is 3. The number of aliphatic carboxylic acids is 3. The molecule has 6 aliphatic rings. The Morgan fingerprint density at radius 1 is 0.267 bits per heavy atom. The molecule has 0 aromatic carbocycles. The Balaban J connectivity index is 1.52. The van der Waals surface area contributed by atoms with Gasteiger partial charge in [0.25, 0.3) is 0 Å². The Morgan fingerprint density at radius 2 is 0.475 bits per heavy atom. The monoisotopic (exact) mass is 2000 g/mol. The zero-order valence-electron chi connectivity index (χ0n) is 59.3. The third-order valence-corrected chi connectivity index (χ3v) is 21.0. The number of methoxy groups -OCH3 is 6. The summed E-state index contributed by atoms with van der Waals surface area (Å²) in [6.07, 6.45) is -87.8. The highest BCUT2D eigenvalue weighted by Gasteiger charge is 2.65. The van der Waals surface area contributed by atoms with Crippen LogP contribution in [0, 0.1) is 0 Å². The van der Waals surface area contributed by atoms with Crippen molar-refractivity contribution in [3.05, 3.63) is 0 Å². The first-order chi connectivity index (χ1) is 54.9. The van der Waals surface area contributed by atoms with Gasteiger partial charge in [0.2, 0.25) is 0 Å². The zero-order chi connectivity index (χ0) is 91.1. The first-order valence-corrected chi connectivity index (χ1v) is 45.0. The topological polar surface area (TPSA) is 953 Å². The zero-order valence-corrected chi connectivity index (χ0v) is 68.3. The first-order valence-electron chi connectivity index (χ1n) is 30.7. The summed E-state index contributed by atoms with van der Waals surface area (Å²) >= 11 is -0.424. The second-order valence-corrected chi connectivity index (χ2v) is 34.6. The molecule has 6 saturated heterocycles. The fourth-order valence-corrected chi connectivity index (χ4v) is 16.7. The van der Waals surface area contributed by atoms with E-state index in [0.29, 0.717) is 35.5 Å². The van der Waals surface area contributed by atoms with Crippen LogP contribution >= 0.6 is 12.3 Å². The number of carboxylic acids is 3.